The molecule has 0 bridgehead atoms. The Bertz CT molecular complexity index is 521. The number of carboxylic acids is 1. The molecule has 0 spiro atoms. The molecule has 0 atom stereocenters. The van der Waals surface area contributed by atoms with Gasteiger partial charge in [0.2, 0.25) is 0 Å². The molecule has 0 saturated carbocycles. The van der Waals surface area contributed by atoms with Crippen LogP contribution in [0.1, 0.15) is 29.4 Å². The third-order valence-corrected chi connectivity index (χ3v) is 2.42. The fraction of sp³-hybridized carbons (Fsp3) is 0.250. The highest BCUT2D eigenvalue weighted by Gasteiger charge is 2.13. The average Bonchev–Trinajstić information content (AvgIpc) is 2.82. The van der Waals surface area contributed by atoms with Crippen molar-refractivity contribution in [2.45, 2.75) is 19.8 Å². The molecule has 0 aliphatic carbocycles. The van der Waals surface area contributed by atoms with Gasteiger partial charge in [-0.1, -0.05) is 13.3 Å². The van der Waals surface area contributed by atoms with Gasteiger partial charge in [0.05, 0.1) is 17.0 Å². The van der Waals surface area contributed by atoms with E-state index in [9.17, 15) is 4.79 Å². The highest BCUT2D eigenvalue weighted by Crippen LogP contribution is 2.15. The van der Waals surface area contributed by atoms with Crippen molar-refractivity contribution in [2.24, 2.45) is 0 Å². The monoisotopic (exact) mass is 231 g/mol. The summed E-state index contributed by atoms with van der Waals surface area (Å²) in [5.74, 6) is -0.449. The van der Waals surface area contributed by atoms with E-state index in [1.807, 2.05) is 19.1 Å². The molecular formula is C12H13N3O2. The van der Waals surface area contributed by atoms with Crippen molar-refractivity contribution in [3.8, 4) is 11.5 Å². The maximum absolute atomic E-state index is 11.0. The molecule has 0 radical (unpaired) electrons. The molecular weight excluding hydrogens is 218 g/mol. The fourth-order valence-electron chi connectivity index (χ4n) is 1.62. The van der Waals surface area contributed by atoms with Crippen molar-refractivity contribution in [3.63, 3.8) is 0 Å². The summed E-state index contributed by atoms with van der Waals surface area (Å²) in [6, 6.07) is 3.70. The van der Waals surface area contributed by atoms with E-state index in [4.69, 9.17) is 5.11 Å². The molecule has 2 N–H and O–H groups in total. The van der Waals surface area contributed by atoms with E-state index in [-0.39, 0.29) is 5.56 Å². The molecule has 2 aromatic rings. The van der Waals surface area contributed by atoms with Gasteiger partial charge in [0, 0.05) is 12.4 Å². The summed E-state index contributed by atoms with van der Waals surface area (Å²) < 4.78 is 0. The second-order valence-electron chi connectivity index (χ2n) is 3.69. The molecule has 5 nitrogen and oxygen atoms in total. The third kappa shape index (κ3) is 2.33. The lowest BCUT2D eigenvalue weighted by molar-refractivity contribution is 0.0694. The van der Waals surface area contributed by atoms with Crippen LogP contribution in [0.15, 0.2) is 24.5 Å². The molecule has 88 valence electrons. The van der Waals surface area contributed by atoms with Gasteiger partial charge in [-0.05, 0) is 18.6 Å². The van der Waals surface area contributed by atoms with E-state index in [0.717, 1.165) is 12.1 Å². The van der Waals surface area contributed by atoms with Gasteiger partial charge in [0.1, 0.15) is 0 Å². The number of hydrogen-bond acceptors (Lipinski definition) is 3. The first-order chi connectivity index (χ1) is 8.22. The van der Waals surface area contributed by atoms with Crippen molar-refractivity contribution in [3.05, 3.63) is 35.8 Å². The molecule has 5 heteroatoms. The molecule has 0 fully saturated rings. The van der Waals surface area contributed by atoms with E-state index < -0.39 is 5.97 Å². The van der Waals surface area contributed by atoms with Crippen LogP contribution in [0, 0.1) is 0 Å². The van der Waals surface area contributed by atoms with Gasteiger partial charge in [0.15, 0.2) is 5.82 Å². The molecule has 0 aliphatic heterocycles. The number of carboxylic acid groups (broad SMARTS) is 1. The van der Waals surface area contributed by atoms with Gasteiger partial charge in [-0.3, -0.25) is 0 Å². The lowest BCUT2D eigenvalue weighted by Gasteiger charge is -2.05. The van der Waals surface area contributed by atoms with Crippen LogP contribution < -0.4 is 0 Å². The van der Waals surface area contributed by atoms with Crippen LogP contribution in [0.2, 0.25) is 0 Å². The first kappa shape index (κ1) is 11.3. The van der Waals surface area contributed by atoms with Gasteiger partial charge in [-0.2, -0.15) is 0 Å². The Balaban J connectivity index is 2.45. The summed E-state index contributed by atoms with van der Waals surface area (Å²) >= 11 is 0. The molecule has 0 aliphatic rings. The molecule has 2 aromatic heterocycles. The van der Waals surface area contributed by atoms with Gasteiger partial charge in [-0.25, -0.2) is 14.8 Å². The summed E-state index contributed by atoms with van der Waals surface area (Å²) in [5, 5.41) is 9.03. The number of hydrogen-bond donors (Lipinski definition) is 2. The number of nitrogens with zero attached hydrogens (tertiary/aromatic N) is 2. The highest BCUT2D eigenvalue weighted by atomic mass is 16.4. The fourth-order valence-corrected chi connectivity index (χ4v) is 1.62. The topological polar surface area (TPSA) is 78.9 Å². The zero-order valence-electron chi connectivity index (χ0n) is 9.47. The van der Waals surface area contributed by atoms with Crippen molar-refractivity contribution in [1.29, 1.82) is 0 Å². The maximum Gasteiger partial charge on any atom is 0.339 e. The smallest absolute Gasteiger partial charge is 0.339 e. The summed E-state index contributed by atoms with van der Waals surface area (Å²) in [7, 11) is 0. The Morgan fingerprint density at radius 1 is 1.53 bits per heavy atom. The lowest BCUT2D eigenvalue weighted by atomic mass is 10.1. The van der Waals surface area contributed by atoms with E-state index in [1.54, 1.807) is 6.20 Å². The van der Waals surface area contributed by atoms with Gasteiger partial charge in [-0.15, -0.1) is 0 Å². The molecule has 0 aromatic carbocycles. The van der Waals surface area contributed by atoms with Crippen LogP contribution in [-0.2, 0) is 6.42 Å². The number of aromatic nitrogens is 3. The molecule has 0 saturated heterocycles. The Kier molecular flexibility index (Phi) is 3.18. The minimum atomic E-state index is -0.980. The molecule has 2 rings (SSSR count). The predicted octanol–water partition coefficient (Wildman–Crippen LogP) is 2.12. The number of H-pyrrole nitrogens is 1. The van der Waals surface area contributed by atoms with Crippen LogP contribution >= 0.6 is 0 Å². The summed E-state index contributed by atoms with van der Waals surface area (Å²) in [6.07, 6.45) is 4.64. The van der Waals surface area contributed by atoms with Gasteiger partial charge < -0.3 is 10.1 Å². The van der Waals surface area contributed by atoms with E-state index in [1.165, 1.54) is 6.20 Å². The predicted molar refractivity (Wildman–Crippen MR) is 62.8 cm³/mol. The van der Waals surface area contributed by atoms with Gasteiger partial charge in [0.25, 0.3) is 0 Å². The lowest BCUT2D eigenvalue weighted by Crippen LogP contribution is -2.07. The number of rotatable bonds is 4. The quantitative estimate of drug-likeness (QED) is 0.844. The zero-order valence-corrected chi connectivity index (χ0v) is 9.47. The largest absolute Gasteiger partial charge is 0.478 e. The van der Waals surface area contributed by atoms with Crippen LogP contribution in [0.3, 0.4) is 0 Å². The van der Waals surface area contributed by atoms with Crippen LogP contribution in [0.5, 0.6) is 0 Å². The maximum atomic E-state index is 11.0. The standard InChI is InChI=1S/C12H13N3O2/c1-2-4-9-8(12(16)17)7-14-11(15-9)10-5-3-6-13-10/h3,5-7,13H,2,4H2,1H3,(H,16,17). The normalized spacial score (nSPS) is 10.4. The zero-order chi connectivity index (χ0) is 12.3. The van der Waals surface area contributed by atoms with Crippen molar-refractivity contribution in [2.75, 3.05) is 0 Å². The van der Waals surface area contributed by atoms with Crippen molar-refractivity contribution < 1.29 is 9.90 Å². The number of carbonyl (C=O) groups is 1. The molecule has 0 unspecified atom stereocenters. The SMILES string of the molecule is CCCc1nc(-c2ccc[nH]2)ncc1C(=O)O. The molecule has 17 heavy (non-hydrogen) atoms. The minimum Gasteiger partial charge on any atom is -0.478 e. The number of aromatic amines is 1. The Morgan fingerprint density at radius 2 is 2.35 bits per heavy atom. The van der Waals surface area contributed by atoms with Crippen LogP contribution in [0.25, 0.3) is 11.5 Å². The van der Waals surface area contributed by atoms with E-state index in [2.05, 4.69) is 15.0 Å². The van der Waals surface area contributed by atoms with Crippen molar-refractivity contribution in [1.82, 2.24) is 15.0 Å². The Labute approximate surface area is 98.6 Å². The van der Waals surface area contributed by atoms with Crippen LogP contribution in [0.4, 0.5) is 0 Å². The first-order valence-corrected chi connectivity index (χ1v) is 5.45. The Hall–Kier alpha value is -2.17. The summed E-state index contributed by atoms with van der Waals surface area (Å²) in [5.41, 5.74) is 1.56. The number of aryl methyl sites for hydroxylation is 1. The van der Waals surface area contributed by atoms with Gasteiger partial charge >= 0.3 is 5.97 Å². The second kappa shape index (κ2) is 4.78. The second-order valence-corrected chi connectivity index (χ2v) is 3.69. The molecule has 0 amide bonds. The Morgan fingerprint density at radius 3 is 2.94 bits per heavy atom. The first-order valence-electron chi connectivity index (χ1n) is 5.45. The van der Waals surface area contributed by atoms with E-state index >= 15 is 0 Å². The third-order valence-electron chi connectivity index (χ3n) is 2.42. The average molecular weight is 231 g/mol. The molecule has 2 heterocycles. The van der Waals surface area contributed by atoms with Crippen molar-refractivity contribution >= 4 is 5.97 Å². The van der Waals surface area contributed by atoms with Crippen LogP contribution in [-0.4, -0.2) is 26.0 Å². The number of aromatic carboxylic acids is 1. The minimum absolute atomic E-state index is 0.183. The highest BCUT2D eigenvalue weighted by molar-refractivity contribution is 5.88. The summed E-state index contributed by atoms with van der Waals surface area (Å²) in [6.45, 7) is 1.99. The number of nitrogens with one attached hydrogen (secondary N) is 1. The van der Waals surface area contributed by atoms with E-state index in [0.29, 0.717) is 17.9 Å². The summed E-state index contributed by atoms with van der Waals surface area (Å²) in [4.78, 5) is 22.4.